The van der Waals surface area contributed by atoms with Crippen molar-refractivity contribution >= 4 is 11.9 Å². The highest BCUT2D eigenvalue weighted by Gasteiger charge is 2.24. The molecule has 3 atom stereocenters. The van der Waals surface area contributed by atoms with E-state index in [2.05, 4.69) is 74.7 Å². The highest BCUT2D eigenvalue weighted by atomic mass is 16.5. The summed E-state index contributed by atoms with van der Waals surface area (Å²) in [5.74, 6) is -0.519. The van der Waals surface area contributed by atoms with Gasteiger partial charge in [-0.2, -0.15) is 0 Å². The van der Waals surface area contributed by atoms with Gasteiger partial charge < -0.3 is 20.3 Å². The number of aliphatic hydroxyl groups is 2. The largest absolute Gasteiger partial charge is 0.462 e. The van der Waals surface area contributed by atoms with Crippen LogP contribution >= 0.6 is 0 Å². The standard InChI is InChI=1S/C57H105NO5/c1-4-7-10-13-16-19-22-25-27-28-29-30-32-35-38-41-44-47-50-57(62)63-53(48-45-42-39-36-33-24-21-18-15-12-9-6-3)51-56(61)58-54(52-59)55(60)49-46-43-40-37-34-31-26-23-20-17-14-11-8-5-2/h22,25,27-30,36,39,53-55,59-60H,4-21,23-24,26,31-35,37-38,40-52H2,1-3H3,(H,58,61)/b25-22+,28-27+,30-29+,39-36-. The predicted molar refractivity (Wildman–Crippen MR) is 273 cm³/mol. The first-order chi connectivity index (χ1) is 31.0. The Morgan fingerprint density at radius 1 is 0.460 bits per heavy atom. The zero-order valence-electron chi connectivity index (χ0n) is 42.0. The van der Waals surface area contributed by atoms with Crippen LogP contribution in [0.2, 0.25) is 0 Å². The third-order valence-corrected chi connectivity index (χ3v) is 12.4. The molecule has 0 aliphatic carbocycles. The second-order valence-electron chi connectivity index (χ2n) is 18.7. The molecule has 0 bridgehead atoms. The SMILES string of the molecule is CCCCCCC/C=C/C=C/C=C/CCCCCCCC(=O)OC(CCC/C=C\CCCCCCCCC)CC(=O)NC(CO)C(O)CCCCCCCCCCCCCCCC. The predicted octanol–water partition coefficient (Wildman–Crippen LogP) is 16.6. The third-order valence-electron chi connectivity index (χ3n) is 12.4. The first-order valence-electron chi connectivity index (χ1n) is 27.4. The minimum Gasteiger partial charge on any atom is -0.462 e. The number of ether oxygens (including phenoxy) is 1. The molecular weight excluding hydrogens is 779 g/mol. The molecule has 0 fully saturated rings. The fourth-order valence-corrected chi connectivity index (χ4v) is 8.26. The summed E-state index contributed by atoms with van der Waals surface area (Å²) in [7, 11) is 0. The normalized spacial score (nSPS) is 13.5. The van der Waals surface area contributed by atoms with Gasteiger partial charge >= 0.3 is 5.97 Å². The van der Waals surface area contributed by atoms with Crippen molar-refractivity contribution in [1.29, 1.82) is 0 Å². The maximum atomic E-state index is 13.2. The van der Waals surface area contributed by atoms with E-state index in [0.29, 0.717) is 19.3 Å². The number of allylic oxidation sites excluding steroid dienone is 8. The number of nitrogens with one attached hydrogen (secondary N) is 1. The molecule has 6 nitrogen and oxygen atoms in total. The van der Waals surface area contributed by atoms with Crippen molar-refractivity contribution < 1.29 is 24.5 Å². The van der Waals surface area contributed by atoms with Gasteiger partial charge in [-0.1, -0.05) is 243 Å². The molecule has 3 unspecified atom stereocenters. The summed E-state index contributed by atoms with van der Waals surface area (Å²) in [6, 6.07) is -0.714. The zero-order chi connectivity index (χ0) is 45.9. The smallest absolute Gasteiger partial charge is 0.306 e. The number of hydrogen-bond donors (Lipinski definition) is 3. The minimum atomic E-state index is -0.798. The molecule has 0 spiro atoms. The van der Waals surface area contributed by atoms with Crippen LogP contribution < -0.4 is 5.32 Å². The second-order valence-corrected chi connectivity index (χ2v) is 18.7. The van der Waals surface area contributed by atoms with E-state index >= 15 is 0 Å². The van der Waals surface area contributed by atoms with Crippen molar-refractivity contribution in [3.63, 3.8) is 0 Å². The van der Waals surface area contributed by atoms with Crippen LogP contribution in [-0.4, -0.2) is 46.9 Å². The van der Waals surface area contributed by atoms with Crippen LogP contribution in [0, 0.1) is 0 Å². The van der Waals surface area contributed by atoms with Crippen molar-refractivity contribution in [2.75, 3.05) is 6.61 Å². The molecule has 0 radical (unpaired) electrons. The lowest BCUT2D eigenvalue weighted by Crippen LogP contribution is -2.46. The summed E-state index contributed by atoms with van der Waals surface area (Å²) in [5, 5.41) is 23.8. The van der Waals surface area contributed by atoms with Gasteiger partial charge in [-0.05, 0) is 70.6 Å². The first-order valence-corrected chi connectivity index (χ1v) is 27.4. The quantitative estimate of drug-likeness (QED) is 0.0245. The van der Waals surface area contributed by atoms with E-state index in [1.54, 1.807) is 0 Å². The average Bonchev–Trinajstić information content (AvgIpc) is 3.28. The van der Waals surface area contributed by atoms with Crippen LogP contribution in [0.4, 0.5) is 0 Å². The third kappa shape index (κ3) is 46.2. The molecule has 0 saturated carbocycles. The molecule has 6 heteroatoms. The summed E-state index contributed by atoms with van der Waals surface area (Å²) in [6.07, 6.45) is 61.7. The maximum Gasteiger partial charge on any atom is 0.306 e. The number of hydrogen-bond acceptors (Lipinski definition) is 5. The van der Waals surface area contributed by atoms with E-state index in [1.807, 2.05) is 0 Å². The van der Waals surface area contributed by atoms with Crippen LogP contribution in [0.15, 0.2) is 48.6 Å². The van der Waals surface area contributed by atoms with Gasteiger partial charge in [0.15, 0.2) is 0 Å². The highest BCUT2D eigenvalue weighted by Crippen LogP contribution is 2.17. The van der Waals surface area contributed by atoms with E-state index in [4.69, 9.17) is 4.74 Å². The van der Waals surface area contributed by atoms with Gasteiger partial charge in [-0.3, -0.25) is 9.59 Å². The molecule has 0 heterocycles. The van der Waals surface area contributed by atoms with Gasteiger partial charge in [0.25, 0.3) is 0 Å². The fourth-order valence-electron chi connectivity index (χ4n) is 8.26. The summed E-state index contributed by atoms with van der Waals surface area (Å²) >= 11 is 0. The topological polar surface area (TPSA) is 95.9 Å². The van der Waals surface area contributed by atoms with Crippen LogP contribution in [-0.2, 0) is 14.3 Å². The number of amides is 1. The lowest BCUT2D eigenvalue weighted by molar-refractivity contribution is -0.151. The highest BCUT2D eigenvalue weighted by molar-refractivity contribution is 5.77. The number of aliphatic hydroxyl groups excluding tert-OH is 2. The van der Waals surface area contributed by atoms with Crippen molar-refractivity contribution in [3.8, 4) is 0 Å². The number of esters is 1. The van der Waals surface area contributed by atoms with Gasteiger partial charge in [0.05, 0.1) is 25.2 Å². The zero-order valence-corrected chi connectivity index (χ0v) is 42.0. The number of unbranched alkanes of at least 4 members (excludes halogenated alkanes) is 31. The Morgan fingerprint density at radius 3 is 1.29 bits per heavy atom. The maximum absolute atomic E-state index is 13.2. The molecule has 1 amide bonds. The van der Waals surface area contributed by atoms with E-state index in [9.17, 15) is 19.8 Å². The van der Waals surface area contributed by atoms with Crippen molar-refractivity contribution in [1.82, 2.24) is 5.32 Å². The van der Waals surface area contributed by atoms with E-state index in [0.717, 1.165) is 77.0 Å². The number of rotatable bonds is 49. The Kier molecular flexibility index (Phi) is 49.1. The molecule has 0 saturated heterocycles. The summed E-state index contributed by atoms with van der Waals surface area (Å²) in [5.41, 5.74) is 0. The Labute approximate surface area is 391 Å². The summed E-state index contributed by atoms with van der Waals surface area (Å²) < 4.78 is 5.92. The van der Waals surface area contributed by atoms with E-state index in [-0.39, 0.29) is 24.9 Å². The summed E-state index contributed by atoms with van der Waals surface area (Å²) in [4.78, 5) is 26.2. The number of carbonyl (C=O) groups is 2. The molecule has 0 aromatic carbocycles. The molecule has 0 rings (SSSR count). The van der Waals surface area contributed by atoms with Gasteiger partial charge in [0.1, 0.15) is 6.10 Å². The Morgan fingerprint density at radius 2 is 0.841 bits per heavy atom. The molecule has 368 valence electrons. The summed E-state index contributed by atoms with van der Waals surface area (Å²) in [6.45, 7) is 6.46. The van der Waals surface area contributed by atoms with Crippen molar-refractivity contribution in [2.24, 2.45) is 0 Å². The Balaban J connectivity index is 4.58. The molecule has 0 aliphatic rings. The molecular formula is C57H105NO5. The van der Waals surface area contributed by atoms with Crippen LogP contribution in [0.1, 0.15) is 278 Å². The number of carbonyl (C=O) groups excluding carboxylic acids is 2. The fraction of sp³-hybridized carbons (Fsp3) is 0.825. The lowest BCUT2D eigenvalue weighted by Gasteiger charge is -2.24. The van der Waals surface area contributed by atoms with Gasteiger partial charge in [0.2, 0.25) is 5.91 Å². The molecule has 0 aromatic heterocycles. The molecule has 3 N–H and O–H groups in total. The van der Waals surface area contributed by atoms with Crippen molar-refractivity contribution in [3.05, 3.63) is 48.6 Å². The molecule has 63 heavy (non-hydrogen) atoms. The molecule has 0 aromatic rings. The van der Waals surface area contributed by atoms with Crippen LogP contribution in [0.25, 0.3) is 0 Å². The monoisotopic (exact) mass is 884 g/mol. The Hall–Kier alpha value is -2.18. The van der Waals surface area contributed by atoms with Gasteiger partial charge in [0, 0.05) is 6.42 Å². The first kappa shape index (κ1) is 60.8. The van der Waals surface area contributed by atoms with Crippen LogP contribution in [0.5, 0.6) is 0 Å². The second kappa shape index (κ2) is 50.8. The van der Waals surface area contributed by atoms with Gasteiger partial charge in [-0.25, -0.2) is 0 Å². The minimum absolute atomic E-state index is 0.0493. The molecule has 0 aliphatic heterocycles. The Bertz CT molecular complexity index is 1080. The lowest BCUT2D eigenvalue weighted by atomic mass is 10.0. The van der Waals surface area contributed by atoms with Gasteiger partial charge in [-0.15, -0.1) is 0 Å². The average molecular weight is 884 g/mol. The van der Waals surface area contributed by atoms with Crippen LogP contribution in [0.3, 0.4) is 0 Å². The van der Waals surface area contributed by atoms with E-state index < -0.39 is 18.2 Å². The van der Waals surface area contributed by atoms with Crippen molar-refractivity contribution in [2.45, 2.75) is 296 Å². The van der Waals surface area contributed by atoms with E-state index in [1.165, 1.54) is 154 Å².